The van der Waals surface area contributed by atoms with Crippen LogP contribution in [-0.4, -0.2) is 0 Å². The third-order valence-electron chi connectivity index (χ3n) is 2.05. The van der Waals surface area contributed by atoms with Crippen LogP contribution in [0.15, 0.2) is 37.4 Å². The molecule has 13 heavy (non-hydrogen) atoms. The minimum atomic E-state index is 1.20. The van der Waals surface area contributed by atoms with Crippen molar-refractivity contribution in [3.8, 4) is 0 Å². The van der Waals surface area contributed by atoms with Crippen LogP contribution in [0.1, 0.15) is 10.4 Å². The second-order valence-electron chi connectivity index (χ2n) is 2.78. The predicted molar refractivity (Wildman–Crippen MR) is 62.0 cm³/mol. The summed E-state index contributed by atoms with van der Waals surface area (Å²) in [4.78, 5) is 1.20. The van der Waals surface area contributed by atoms with E-state index in [1.54, 1.807) is 11.3 Å². The number of rotatable bonds is 2. The normalized spacial score (nSPS) is 10.2. The van der Waals surface area contributed by atoms with Crippen molar-refractivity contribution in [2.24, 2.45) is 0 Å². The largest absolute Gasteiger partial charge is 0.135 e. The molecule has 2 aromatic rings. The highest BCUT2D eigenvalue weighted by Crippen LogP contribution is 2.32. The number of thiophene rings is 1. The van der Waals surface area contributed by atoms with Crippen molar-refractivity contribution in [3.05, 3.63) is 47.9 Å². The molecular weight excluding hydrogens is 176 g/mol. The highest BCUT2D eigenvalue weighted by Gasteiger charge is 2.04. The molecule has 0 radical (unpaired) electrons. The van der Waals surface area contributed by atoms with Crippen LogP contribution in [0.25, 0.3) is 22.2 Å². The molecule has 0 fully saturated rings. The summed E-state index contributed by atoms with van der Waals surface area (Å²) in [5, 5.41) is 1.28. The molecule has 1 aromatic heterocycles. The van der Waals surface area contributed by atoms with Gasteiger partial charge < -0.3 is 0 Å². The van der Waals surface area contributed by atoms with Crippen LogP contribution in [0.5, 0.6) is 0 Å². The van der Waals surface area contributed by atoms with Crippen molar-refractivity contribution in [1.82, 2.24) is 0 Å². The van der Waals surface area contributed by atoms with Crippen LogP contribution >= 0.6 is 11.3 Å². The van der Waals surface area contributed by atoms with E-state index in [2.05, 4.69) is 37.4 Å². The highest BCUT2D eigenvalue weighted by atomic mass is 32.1. The van der Waals surface area contributed by atoms with E-state index < -0.39 is 0 Å². The molecule has 0 saturated carbocycles. The van der Waals surface area contributed by atoms with Gasteiger partial charge in [-0.25, -0.2) is 0 Å². The van der Waals surface area contributed by atoms with Gasteiger partial charge in [-0.3, -0.25) is 0 Å². The van der Waals surface area contributed by atoms with E-state index >= 15 is 0 Å². The molecule has 0 bridgehead atoms. The van der Waals surface area contributed by atoms with E-state index in [1.807, 2.05) is 12.2 Å². The van der Waals surface area contributed by atoms with Gasteiger partial charge >= 0.3 is 0 Å². The second-order valence-corrected chi connectivity index (χ2v) is 3.87. The maximum Gasteiger partial charge on any atom is 0.0355 e. The third kappa shape index (κ3) is 1.21. The van der Waals surface area contributed by atoms with Gasteiger partial charge in [-0.05, 0) is 11.6 Å². The van der Waals surface area contributed by atoms with E-state index in [0.29, 0.717) is 0 Å². The molecule has 0 N–H and O–H groups in total. The SMILES string of the molecule is C=Cc1sc2ccccc2c1C=C. The lowest BCUT2D eigenvalue weighted by molar-refractivity contribution is 1.82. The summed E-state index contributed by atoms with van der Waals surface area (Å²) < 4.78 is 1.30. The van der Waals surface area contributed by atoms with Crippen molar-refractivity contribution in [1.29, 1.82) is 0 Å². The van der Waals surface area contributed by atoms with Gasteiger partial charge in [0, 0.05) is 15.0 Å². The Morgan fingerprint density at radius 1 is 1.08 bits per heavy atom. The van der Waals surface area contributed by atoms with E-state index in [0.717, 1.165) is 0 Å². The van der Waals surface area contributed by atoms with E-state index in [9.17, 15) is 0 Å². The summed E-state index contributed by atoms with van der Waals surface area (Å²) in [7, 11) is 0. The number of fused-ring (bicyclic) bond motifs is 1. The standard InChI is InChI=1S/C12H10S/c1-3-9-10-7-5-6-8-12(10)13-11(9)4-2/h3-8H,1-2H2. The zero-order chi connectivity index (χ0) is 9.26. The lowest BCUT2D eigenvalue weighted by Gasteiger charge is -1.90. The molecule has 0 nitrogen and oxygen atoms in total. The lowest BCUT2D eigenvalue weighted by Crippen LogP contribution is -1.69. The van der Waals surface area contributed by atoms with Crippen LogP contribution in [0, 0.1) is 0 Å². The zero-order valence-corrected chi connectivity index (χ0v) is 8.10. The third-order valence-corrected chi connectivity index (χ3v) is 3.23. The fourth-order valence-corrected chi connectivity index (χ4v) is 2.50. The Hall–Kier alpha value is -1.34. The first-order valence-corrected chi connectivity index (χ1v) is 4.95. The lowest BCUT2D eigenvalue weighted by atomic mass is 10.1. The molecule has 0 amide bonds. The average molecular weight is 186 g/mol. The van der Waals surface area contributed by atoms with Gasteiger partial charge in [0.1, 0.15) is 0 Å². The predicted octanol–water partition coefficient (Wildman–Crippen LogP) is 4.19. The van der Waals surface area contributed by atoms with Crippen molar-refractivity contribution < 1.29 is 0 Å². The molecular formula is C12H10S. The van der Waals surface area contributed by atoms with Gasteiger partial charge in [-0.2, -0.15) is 0 Å². The smallest absolute Gasteiger partial charge is 0.0355 e. The Morgan fingerprint density at radius 2 is 1.85 bits per heavy atom. The van der Waals surface area contributed by atoms with Gasteiger partial charge in [-0.15, -0.1) is 11.3 Å². The van der Waals surface area contributed by atoms with Crippen molar-refractivity contribution >= 4 is 33.6 Å². The molecule has 1 aromatic carbocycles. The van der Waals surface area contributed by atoms with Crippen LogP contribution < -0.4 is 0 Å². The summed E-state index contributed by atoms with van der Waals surface area (Å²) in [5.74, 6) is 0. The molecule has 1 heteroatoms. The Balaban J connectivity index is 2.88. The quantitative estimate of drug-likeness (QED) is 0.659. The highest BCUT2D eigenvalue weighted by molar-refractivity contribution is 7.20. The molecule has 0 saturated heterocycles. The summed E-state index contributed by atoms with van der Waals surface area (Å²) in [6.07, 6.45) is 3.79. The summed E-state index contributed by atoms with van der Waals surface area (Å²) in [6.45, 7) is 7.62. The van der Waals surface area contributed by atoms with Crippen molar-refractivity contribution in [3.63, 3.8) is 0 Å². The van der Waals surface area contributed by atoms with E-state index in [-0.39, 0.29) is 0 Å². The first-order valence-electron chi connectivity index (χ1n) is 4.13. The van der Waals surface area contributed by atoms with Gasteiger partial charge in [-0.1, -0.05) is 43.5 Å². The van der Waals surface area contributed by atoms with Gasteiger partial charge in [0.2, 0.25) is 0 Å². The monoisotopic (exact) mass is 186 g/mol. The van der Waals surface area contributed by atoms with Crippen molar-refractivity contribution in [2.75, 3.05) is 0 Å². The van der Waals surface area contributed by atoms with Gasteiger partial charge in [0.25, 0.3) is 0 Å². The first-order chi connectivity index (χ1) is 6.36. The molecule has 0 unspecified atom stereocenters. The fraction of sp³-hybridized carbons (Fsp3) is 0. The Kier molecular flexibility index (Phi) is 2.03. The van der Waals surface area contributed by atoms with Gasteiger partial charge in [0.05, 0.1) is 0 Å². The Morgan fingerprint density at radius 3 is 2.54 bits per heavy atom. The van der Waals surface area contributed by atoms with Gasteiger partial charge in [0.15, 0.2) is 0 Å². The maximum absolute atomic E-state index is 3.82. The second kappa shape index (κ2) is 3.19. The molecule has 2 rings (SSSR count). The first kappa shape index (κ1) is 8.27. The van der Waals surface area contributed by atoms with Crippen LogP contribution in [0.2, 0.25) is 0 Å². The van der Waals surface area contributed by atoms with Crippen LogP contribution in [0.3, 0.4) is 0 Å². The molecule has 1 heterocycles. The minimum Gasteiger partial charge on any atom is -0.135 e. The average Bonchev–Trinajstić information content (AvgIpc) is 2.55. The number of benzene rings is 1. The summed E-state index contributed by atoms with van der Waals surface area (Å²) >= 11 is 1.76. The molecule has 0 aliphatic heterocycles. The number of hydrogen-bond donors (Lipinski definition) is 0. The molecule has 0 spiro atoms. The fourth-order valence-electron chi connectivity index (χ4n) is 1.45. The van der Waals surface area contributed by atoms with Crippen LogP contribution in [-0.2, 0) is 0 Å². The molecule has 64 valence electrons. The maximum atomic E-state index is 3.82. The number of hydrogen-bond acceptors (Lipinski definition) is 1. The molecule has 0 atom stereocenters. The van der Waals surface area contributed by atoms with Crippen molar-refractivity contribution in [2.45, 2.75) is 0 Å². The summed E-state index contributed by atoms with van der Waals surface area (Å²) in [6, 6.07) is 8.35. The van der Waals surface area contributed by atoms with Crippen LogP contribution in [0.4, 0.5) is 0 Å². The summed E-state index contributed by atoms with van der Waals surface area (Å²) in [5.41, 5.74) is 1.20. The Bertz CT molecular complexity index is 463. The zero-order valence-electron chi connectivity index (χ0n) is 7.29. The topological polar surface area (TPSA) is 0 Å². The molecule has 0 aliphatic carbocycles. The Labute approximate surface area is 81.8 Å². The minimum absolute atomic E-state index is 1.20. The van der Waals surface area contributed by atoms with E-state index in [1.165, 1.54) is 20.5 Å². The molecule has 0 aliphatic rings. The van der Waals surface area contributed by atoms with E-state index in [4.69, 9.17) is 0 Å².